The Morgan fingerprint density at radius 3 is 2.94 bits per heavy atom. The van der Waals surface area contributed by atoms with Crippen molar-refractivity contribution in [3.63, 3.8) is 0 Å². The van der Waals surface area contributed by atoms with Crippen molar-refractivity contribution in [2.75, 3.05) is 24.6 Å². The molecule has 1 aromatic rings. The molecule has 5 nitrogen and oxygen atoms in total. The molecular weight excluding hydrogens is 222 g/mol. The van der Waals surface area contributed by atoms with Crippen molar-refractivity contribution in [1.82, 2.24) is 14.5 Å². The van der Waals surface area contributed by atoms with E-state index in [0.29, 0.717) is 12.5 Å². The zero-order valence-corrected chi connectivity index (χ0v) is 10.3. The second-order valence-electron chi connectivity index (χ2n) is 3.73. The van der Waals surface area contributed by atoms with Gasteiger partial charge in [-0.05, 0) is 0 Å². The largest absolute Gasteiger partial charge is 0.370 e. The van der Waals surface area contributed by atoms with Gasteiger partial charge in [-0.25, -0.2) is 9.98 Å². The van der Waals surface area contributed by atoms with Crippen LogP contribution >= 0.6 is 11.8 Å². The third-order valence-corrected chi connectivity index (χ3v) is 3.58. The second kappa shape index (κ2) is 5.25. The number of thioether (sulfide) groups is 1. The fourth-order valence-electron chi connectivity index (χ4n) is 1.59. The lowest BCUT2D eigenvalue weighted by Crippen LogP contribution is -2.42. The molecule has 6 heteroatoms. The van der Waals surface area contributed by atoms with Crippen molar-refractivity contribution >= 4 is 17.7 Å². The standard InChI is InChI=1S/C10H17N5S/c1-14-3-2-12-9(14)8-13-10(11)15-4-6-16-7-5-15/h2-3H,4-8H2,1H3,(H2,11,13). The van der Waals surface area contributed by atoms with E-state index in [2.05, 4.69) is 14.9 Å². The van der Waals surface area contributed by atoms with Crippen LogP contribution in [0.3, 0.4) is 0 Å². The zero-order valence-electron chi connectivity index (χ0n) is 9.46. The van der Waals surface area contributed by atoms with E-state index in [0.717, 1.165) is 30.4 Å². The lowest BCUT2D eigenvalue weighted by molar-refractivity contribution is 0.455. The maximum Gasteiger partial charge on any atom is 0.191 e. The molecule has 88 valence electrons. The van der Waals surface area contributed by atoms with Crippen LogP contribution in [-0.2, 0) is 13.6 Å². The molecule has 2 heterocycles. The highest BCUT2D eigenvalue weighted by atomic mass is 32.2. The Morgan fingerprint density at radius 1 is 1.56 bits per heavy atom. The molecule has 1 aromatic heterocycles. The molecule has 0 spiro atoms. The van der Waals surface area contributed by atoms with Crippen LogP contribution in [0.4, 0.5) is 0 Å². The first-order chi connectivity index (χ1) is 7.77. The maximum absolute atomic E-state index is 5.94. The molecule has 0 aromatic carbocycles. The van der Waals surface area contributed by atoms with E-state index in [1.807, 2.05) is 29.6 Å². The molecule has 0 saturated carbocycles. The third-order valence-electron chi connectivity index (χ3n) is 2.64. The van der Waals surface area contributed by atoms with Gasteiger partial charge in [-0.15, -0.1) is 0 Å². The molecule has 1 fully saturated rings. The van der Waals surface area contributed by atoms with E-state index in [4.69, 9.17) is 5.73 Å². The molecule has 1 aliphatic rings. The maximum atomic E-state index is 5.94. The molecule has 2 rings (SSSR count). The van der Waals surface area contributed by atoms with Gasteiger partial charge in [0.15, 0.2) is 5.96 Å². The van der Waals surface area contributed by atoms with Crippen LogP contribution in [0.2, 0.25) is 0 Å². The molecule has 2 N–H and O–H groups in total. The van der Waals surface area contributed by atoms with E-state index in [1.54, 1.807) is 6.20 Å². The molecule has 0 unspecified atom stereocenters. The highest BCUT2D eigenvalue weighted by Gasteiger charge is 2.12. The summed E-state index contributed by atoms with van der Waals surface area (Å²) in [6.07, 6.45) is 3.69. The molecule has 0 radical (unpaired) electrons. The first-order valence-corrected chi connectivity index (χ1v) is 6.51. The Balaban J connectivity index is 1.93. The van der Waals surface area contributed by atoms with E-state index >= 15 is 0 Å². The minimum atomic E-state index is 0.555. The van der Waals surface area contributed by atoms with Gasteiger partial charge in [0.25, 0.3) is 0 Å². The molecule has 16 heavy (non-hydrogen) atoms. The van der Waals surface area contributed by atoms with Gasteiger partial charge < -0.3 is 15.2 Å². The predicted octanol–water partition coefficient (Wildman–Crippen LogP) is 0.284. The van der Waals surface area contributed by atoms with Crippen LogP contribution in [0.15, 0.2) is 17.4 Å². The van der Waals surface area contributed by atoms with Gasteiger partial charge in [0.05, 0.1) is 0 Å². The summed E-state index contributed by atoms with van der Waals surface area (Å²) in [7, 11) is 1.96. The van der Waals surface area contributed by atoms with Crippen molar-refractivity contribution in [2.24, 2.45) is 17.8 Å². The predicted molar refractivity (Wildman–Crippen MR) is 67.4 cm³/mol. The summed E-state index contributed by atoms with van der Waals surface area (Å²) in [5.74, 6) is 3.86. The molecular formula is C10H17N5S. The second-order valence-corrected chi connectivity index (χ2v) is 4.95. The van der Waals surface area contributed by atoms with Gasteiger partial charge in [-0.1, -0.05) is 0 Å². The van der Waals surface area contributed by atoms with E-state index < -0.39 is 0 Å². The van der Waals surface area contributed by atoms with Crippen LogP contribution in [0, 0.1) is 0 Å². The van der Waals surface area contributed by atoms with Crippen molar-refractivity contribution in [2.45, 2.75) is 6.54 Å². The van der Waals surface area contributed by atoms with Gasteiger partial charge in [-0.2, -0.15) is 11.8 Å². The first kappa shape index (κ1) is 11.3. The van der Waals surface area contributed by atoms with Gasteiger partial charge >= 0.3 is 0 Å². The number of hydrogen-bond acceptors (Lipinski definition) is 3. The molecule has 1 saturated heterocycles. The number of nitrogens with zero attached hydrogens (tertiary/aromatic N) is 4. The van der Waals surface area contributed by atoms with Gasteiger partial charge in [0.2, 0.25) is 0 Å². The minimum Gasteiger partial charge on any atom is -0.370 e. The Labute approximate surface area is 99.7 Å². The quantitative estimate of drug-likeness (QED) is 0.595. The fraction of sp³-hybridized carbons (Fsp3) is 0.600. The number of nitrogens with two attached hydrogens (primary N) is 1. The smallest absolute Gasteiger partial charge is 0.191 e. The van der Waals surface area contributed by atoms with Crippen LogP contribution in [0.5, 0.6) is 0 Å². The third kappa shape index (κ3) is 2.69. The monoisotopic (exact) mass is 239 g/mol. The number of aromatic nitrogens is 2. The number of imidazole rings is 1. The summed E-state index contributed by atoms with van der Waals surface area (Å²) < 4.78 is 1.96. The topological polar surface area (TPSA) is 59.4 Å². The summed E-state index contributed by atoms with van der Waals surface area (Å²) in [6.45, 7) is 2.56. The van der Waals surface area contributed by atoms with E-state index in [9.17, 15) is 0 Å². The van der Waals surface area contributed by atoms with Crippen LogP contribution in [-0.4, -0.2) is 45.0 Å². The van der Waals surface area contributed by atoms with Crippen LogP contribution in [0.1, 0.15) is 5.82 Å². The fourth-order valence-corrected chi connectivity index (χ4v) is 2.50. The summed E-state index contributed by atoms with van der Waals surface area (Å²) in [4.78, 5) is 10.7. The highest BCUT2D eigenvalue weighted by molar-refractivity contribution is 7.99. The summed E-state index contributed by atoms with van der Waals surface area (Å²) in [5, 5.41) is 0. The molecule has 1 aliphatic heterocycles. The van der Waals surface area contributed by atoms with Crippen molar-refractivity contribution in [1.29, 1.82) is 0 Å². The average Bonchev–Trinajstić information content (AvgIpc) is 2.73. The number of hydrogen-bond donors (Lipinski definition) is 1. The Bertz CT molecular complexity index is 367. The number of guanidine groups is 1. The van der Waals surface area contributed by atoms with Gasteiger partial charge in [0, 0.05) is 44.0 Å². The number of rotatable bonds is 2. The minimum absolute atomic E-state index is 0.555. The average molecular weight is 239 g/mol. The lowest BCUT2D eigenvalue weighted by Gasteiger charge is -2.27. The molecule has 0 amide bonds. The Morgan fingerprint density at radius 2 is 2.31 bits per heavy atom. The summed E-state index contributed by atoms with van der Waals surface area (Å²) in [5.41, 5.74) is 5.94. The van der Waals surface area contributed by atoms with Crippen molar-refractivity contribution in [3.8, 4) is 0 Å². The van der Waals surface area contributed by atoms with Crippen molar-refractivity contribution in [3.05, 3.63) is 18.2 Å². The summed E-state index contributed by atoms with van der Waals surface area (Å²) >= 11 is 1.97. The SMILES string of the molecule is Cn1ccnc1CN=C(N)N1CCSCC1. The molecule has 0 bridgehead atoms. The molecule has 0 atom stereocenters. The Kier molecular flexibility index (Phi) is 3.71. The number of aryl methyl sites for hydroxylation is 1. The molecule has 0 aliphatic carbocycles. The zero-order chi connectivity index (χ0) is 11.4. The number of aliphatic imine (C=N–C) groups is 1. The van der Waals surface area contributed by atoms with E-state index in [-0.39, 0.29) is 0 Å². The van der Waals surface area contributed by atoms with Crippen molar-refractivity contribution < 1.29 is 0 Å². The Hall–Kier alpha value is -1.17. The van der Waals surface area contributed by atoms with Gasteiger partial charge in [-0.3, -0.25) is 0 Å². The highest BCUT2D eigenvalue weighted by Crippen LogP contribution is 2.08. The first-order valence-electron chi connectivity index (χ1n) is 5.36. The lowest BCUT2D eigenvalue weighted by atomic mass is 10.5. The summed E-state index contributed by atoms with van der Waals surface area (Å²) in [6, 6.07) is 0. The van der Waals surface area contributed by atoms with Crippen LogP contribution in [0.25, 0.3) is 0 Å². The van der Waals surface area contributed by atoms with Gasteiger partial charge in [0.1, 0.15) is 12.4 Å². The van der Waals surface area contributed by atoms with Crippen LogP contribution < -0.4 is 5.73 Å². The van der Waals surface area contributed by atoms with E-state index in [1.165, 1.54) is 0 Å². The normalized spacial score (nSPS) is 17.8.